The Bertz CT molecular complexity index is 802. The van der Waals surface area contributed by atoms with Gasteiger partial charge in [0, 0.05) is 22.6 Å². The van der Waals surface area contributed by atoms with Crippen LogP contribution in [0.3, 0.4) is 0 Å². The van der Waals surface area contributed by atoms with Crippen LogP contribution < -0.4 is 5.32 Å². The largest absolute Gasteiger partial charge is 0.379 e. The van der Waals surface area contributed by atoms with E-state index in [0.717, 1.165) is 32.6 Å². The molecule has 0 radical (unpaired) electrons. The quantitative estimate of drug-likeness (QED) is 0.659. The molecule has 0 fully saturated rings. The zero-order chi connectivity index (χ0) is 14.8. The van der Waals surface area contributed by atoms with E-state index in [4.69, 9.17) is 11.6 Å². The SMILES string of the molecule is Cc1cc(CNc2ccc(Cl)c3cccnc23)ccc1Br. The maximum absolute atomic E-state index is 6.21. The minimum Gasteiger partial charge on any atom is -0.379 e. The van der Waals surface area contributed by atoms with Gasteiger partial charge in [0.25, 0.3) is 0 Å². The highest BCUT2D eigenvalue weighted by molar-refractivity contribution is 9.10. The first kappa shape index (κ1) is 14.4. The van der Waals surface area contributed by atoms with Gasteiger partial charge in [-0.3, -0.25) is 4.98 Å². The highest BCUT2D eigenvalue weighted by atomic mass is 79.9. The first-order chi connectivity index (χ1) is 10.1. The van der Waals surface area contributed by atoms with Crippen LogP contribution in [0.25, 0.3) is 10.9 Å². The van der Waals surface area contributed by atoms with Crippen molar-refractivity contribution in [1.29, 1.82) is 0 Å². The van der Waals surface area contributed by atoms with Crippen molar-refractivity contribution in [3.63, 3.8) is 0 Å². The molecule has 1 N–H and O–H groups in total. The molecule has 4 heteroatoms. The topological polar surface area (TPSA) is 24.9 Å². The first-order valence-corrected chi connectivity index (χ1v) is 7.84. The van der Waals surface area contributed by atoms with Gasteiger partial charge in [0.15, 0.2) is 0 Å². The molecule has 3 aromatic rings. The summed E-state index contributed by atoms with van der Waals surface area (Å²) in [5, 5.41) is 5.14. The molecule has 0 aliphatic rings. The minimum absolute atomic E-state index is 0.725. The summed E-state index contributed by atoms with van der Waals surface area (Å²) < 4.78 is 1.13. The van der Waals surface area contributed by atoms with Gasteiger partial charge in [-0.05, 0) is 48.4 Å². The second-order valence-electron chi connectivity index (χ2n) is 4.93. The van der Waals surface area contributed by atoms with Crippen LogP contribution in [0.5, 0.6) is 0 Å². The third-order valence-electron chi connectivity index (χ3n) is 3.42. The monoisotopic (exact) mass is 360 g/mol. The second-order valence-corrected chi connectivity index (χ2v) is 6.19. The molecule has 0 amide bonds. The molecule has 0 spiro atoms. The molecule has 0 saturated heterocycles. The average Bonchev–Trinajstić information content (AvgIpc) is 2.50. The number of anilines is 1. The molecule has 0 bridgehead atoms. The summed E-state index contributed by atoms with van der Waals surface area (Å²) in [6.07, 6.45) is 1.79. The van der Waals surface area contributed by atoms with E-state index in [0.29, 0.717) is 0 Å². The minimum atomic E-state index is 0.725. The summed E-state index contributed by atoms with van der Waals surface area (Å²) in [6, 6.07) is 14.1. The average molecular weight is 362 g/mol. The molecule has 0 atom stereocenters. The van der Waals surface area contributed by atoms with E-state index in [-0.39, 0.29) is 0 Å². The first-order valence-electron chi connectivity index (χ1n) is 6.67. The molecule has 0 aliphatic heterocycles. The van der Waals surface area contributed by atoms with Gasteiger partial charge in [-0.2, -0.15) is 0 Å². The molecule has 2 nitrogen and oxygen atoms in total. The van der Waals surface area contributed by atoms with E-state index in [1.165, 1.54) is 11.1 Å². The van der Waals surface area contributed by atoms with Crippen molar-refractivity contribution in [3.05, 3.63) is 69.3 Å². The normalized spacial score (nSPS) is 10.8. The van der Waals surface area contributed by atoms with E-state index < -0.39 is 0 Å². The molecule has 0 aliphatic carbocycles. The van der Waals surface area contributed by atoms with Crippen LogP contribution in [-0.4, -0.2) is 4.98 Å². The van der Waals surface area contributed by atoms with Crippen molar-refractivity contribution in [2.24, 2.45) is 0 Å². The molecule has 1 aromatic heterocycles. The Labute approximate surface area is 137 Å². The summed E-state index contributed by atoms with van der Waals surface area (Å²) in [5.41, 5.74) is 4.36. The number of fused-ring (bicyclic) bond motifs is 1. The summed E-state index contributed by atoms with van der Waals surface area (Å²) in [6.45, 7) is 2.84. The lowest BCUT2D eigenvalue weighted by molar-refractivity contribution is 1.14. The predicted molar refractivity (Wildman–Crippen MR) is 93.0 cm³/mol. The van der Waals surface area contributed by atoms with Crippen LogP contribution in [0, 0.1) is 6.92 Å². The van der Waals surface area contributed by atoms with Gasteiger partial charge in [0.1, 0.15) is 0 Å². The zero-order valence-electron chi connectivity index (χ0n) is 11.5. The van der Waals surface area contributed by atoms with Gasteiger partial charge in [0.05, 0.1) is 16.2 Å². The summed E-state index contributed by atoms with van der Waals surface area (Å²) in [7, 11) is 0. The van der Waals surface area contributed by atoms with E-state index in [1.54, 1.807) is 6.20 Å². The zero-order valence-corrected chi connectivity index (χ0v) is 13.9. The van der Waals surface area contributed by atoms with E-state index >= 15 is 0 Å². The maximum Gasteiger partial charge on any atom is 0.0948 e. The summed E-state index contributed by atoms with van der Waals surface area (Å²) in [4.78, 5) is 4.43. The predicted octanol–water partition coefficient (Wildman–Crippen LogP) is 5.57. The fourth-order valence-electron chi connectivity index (χ4n) is 2.29. The highest BCUT2D eigenvalue weighted by Crippen LogP contribution is 2.28. The van der Waals surface area contributed by atoms with Gasteiger partial charge in [-0.25, -0.2) is 0 Å². The molecule has 0 saturated carbocycles. The molecule has 3 rings (SSSR count). The Morgan fingerprint density at radius 1 is 1.19 bits per heavy atom. The van der Waals surface area contributed by atoms with Gasteiger partial charge in [-0.15, -0.1) is 0 Å². The standard InChI is InChI=1S/C17H14BrClN2/c1-11-9-12(4-5-14(11)18)10-21-16-7-6-15(19)13-3-2-8-20-17(13)16/h2-9,21H,10H2,1H3. The molecule has 1 heterocycles. The fraction of sp³-hybridized carbons (Fsp3) is 0.118. The fourth-order valence-corrected chi connectivity index (χ4v) is 2.76. The van der Waals surface area contributed by atoms with Crippen molar-refractivity contribution in [1.82, 2.24) is 4.98 Å². The van der Waals surface area contributed by atoms with Crippen molar-refractivity contribution in [2.75, 3.05) is 5.32 Å². The Morgan fingerprint density at radius 2 is 2.05 bits per heavy atom. The molecule has 2 aromatic carbocycles. The van der Waals surface area contributed by atoms with Gasteiger partial charge in [0.2, 0.25) is 0 Å². The van der Waals surface area contributed by atoms with Crippen LogP contribution >= 0.6 is 27.5 Å². The van der Waals surface area contributed by atoms with Gasteiger partial charge >= 0.3 is 0 Å². The lowest BCUT2D eigenvalue weighted by Gasteiger charge is -2.11. The Balaban J connectivity index is 1.88. The number of nitrogens with one attached hydrogen (secondary N) is 1. The number of benzene rings is 2. The number of hydrogen-bond acceptors (Lipinski definition) is 2. The number of halogens is 2. The lowest BCUT2D eigenvalue weighted by atomic mass is 10.1. The third kappa shape index (κ3) is 3.04. The highest BCUT2D eigenvalue weighted by Gasteiger charge is 2.05. The van der Waals surface area contributed by atoms with Crippen LogP contribution in [0.4, 0.5) is 5.69 Å². The van der Waals surface area contributed by atoms with Crippen molar-refractivity contribution >= 4 is 44.1 Å². The van der Waals surface area contributed by atoms with Gasteiger partial charge < -0.3 is 5.32 Å². The smallest absolute Gasteiger partial charge is 0.0948 e. The number of rotatable bonds is 3. The summed E-state index contributed by atoms with van der Waals surface area (Å²) in [5.74, 6) is 0. The van der Waals surface area contributed by atoms with Crippen molar-refractivity contribution in [2.45, 2.75) is 13.5 Å². The molecule has 0 unspecified atom stereocenters. The van der Waals surface area contributed by atoms with Crippen molar-refractivity contribution < 1.29 is 0 Å². The summed E-state index contributed by atoms with van der Waals surface area (Å²) >= 11 is 9.73. The number of hydrogen-bond donors (Lipinski definition) is 1. The molecular weight excluding hydrogens is 348 g/mol. The second kappa shape index (κ2) is 6.04. The van der Waals surface area contributed by atoms with Crippen LogP contribution in [0.2, 0.25) is 5.02 Å². The molecular formula is C17H14BrClN2. The van der Waals surface area contributed by atoms with Crippen LogP contribution in [-0.2, 0) is 6.54 Å². The van der Waals surface area contributed by atoms with E-state index in [1.807, 2.05) is 24.3 Å². The molecule has 106 valence electrons. The van der Waals surface area contributed by atoms with Crippen LogP contribution in [0.1, 0.15) is 11.1 Å². The third-order valence-corrected chi connectivity index (χ3v) is 4.64. The Hall–Kier alpha value is -1.58. The maximum atomic E-state index is 6.21. The van der Waals surface area contributed by atoms with E-state index in [2.05, 4.69) is 51.4 Å². The van der Waals surface area contributed by atoms with Crippen molar-refractivity contribution in [3.8, 4) is 0 Å². The number of aromatic nitrogens is 1. The number of nitrogens with zero attached hydrogens (tertiary/aromatic N) is 1. The number of aryl methyl sites for hydroxylation is 1. The van der Waals surface area contributed by atoms with E-state index in [9.17, 15) is 0 Å². The molecule has 21 heavy (non-hydrogen) atoms. The Kier molecular flexibility index (Phi) is 4.13. The van der Waals surface area contributed by atoms with Gasteiger partial charge in [-0.1, -0.05) is 39.7 Å². The van der Waals surface area contributed by atoms with Crippen LogP contribution in [0.15, 0.2) is 53.1 Å². The number of pyridine rings is 1. The lowest BCUT2D eigenvalue weighted by Crippen LogP contribution is -2.01. The Morgan fingerprint density at radius 3 is 2.86 bits per heavy atom.